The highest BCUT2D eigenvalue weighted by atomic mass is 127. The molecule has 13 heavy (non-hydrogen) atoms. The van der Waals surface area contributed by atoms with Gasteiger partial charge in [-0.2, -0.15) is 0 Å². The minimum absolute atomic E-state index is 0.576. The van der Waals surface area contributed by atoms with Crippen LogP contribution >= 0.6 is 22.6 Å². The number of anilines is 2. The summed E-state index contributed by atoms with van der Waals surface area (Å²) in [5.74, 6) is 0. The molecule has 0 aromatic heterocycles. The fourth-order valence-electron chi connectivity index (χ4n) is 1.59. The number of fused-ring (bicyclic) bond motifs is 1. The molecular weight excluding hydrogens is 275 g/mol. The Balaban J connectivity index is 2.44. The predicted molar refractivity (Wildman–Crippen MR) is 65.5 cm³/mol. The van der Waals surface area contributed by atoms with E-state index in [0.717, 1.165) is 6.54 Å². The van der Waals surface area contributed by atoms with Crippen LogP contribution in [0.5, 0.6) is 0 Å². The number of hydrogen-bond acceptors (Lipinski definition) is 2. The molecule has 2 rings (SSSR count). The van der Waals surface area contributed by atoms with Crippen LogP contribution in [-0.2, 0) is 0 Å². The van der Waals surface area contributed by atoms with Gasteiger partial charge in [0, 0.05) is 23.2 Å². The van der Waals surface area contributed by atoms with Gasteiger partial charge in [0.15, 0.2) is 0 Å². The van der Waals surface area contributed by atoms with Gasteiger partial charge in [-0.25, -0.2) is 0 Å². The molecule has 1 unspecified atom stereocenters. The third kappa shape index (κ3) is 1.61. The van der Waals surface area contributed by atoms with Gasteiger partial charge < -0.3 is 10.2 Å². The van der Waals surface area contributed by atoms with E-state index in [1.807, 2.05) is 0 Å². The first-order valence-electron chi connectivity index (χ1n) is 4.45. The summed E-state index contributed by atoms with van der Waals surface area (Å²) in [6.07, 6.45) is 0. The summed E-state index contributed by atoms with van der Waals surface area (Å²) in [4.78, 5) is 2.32. The lowest BCUT2D eigenvalue weighted by Gasteiger charge is -2.34. The Morgan fingerprint density at radius 2 is 2.31 bits per heavy atom. The molecule has 0 saturated heterocycles. The first-order valence-corrected chi connectivity index (χ1v) is 5.52. The number of rotatable bonds is 0. The molecule has 0 aliphatic carbocycles. The van der Waals surface area contributed by atoms with Crippen molar-refractivity contribution in [3.8, 4) is 0 Å². The second kappa shape index (κ2) is 3.36. The highest BCUT2D eigenvalue weighted by Crippen LogP contribution is 2.31. The van der Waals surface area contributed by atoms with Crippen LogP contribution in [0.1, 0.15) is 6.92 Å². The van der Waals surface area contributed by atoms with Crippen molar-refractivity contribution in [3.05, 3.63) is 21.8 Å². The van der Waals surface area contributed by atoms with Crippen molar-refractivity contribution in [2.75, 3.05) is 23.8 Å². The molecule has 1 aromatic rings. The summed E-state index contributed by atoms with van der Waals surface area (Å²) in [5, 5.41) is 3.44. The Morgan fingerprint density at radius 3 is 3.08 bits per heavy atom. The second-order valence-electron chi connectivity index (χ2n) is 3.50. The molecule has 1 aliphatic heterocycles. The third-order valence-corrected chi connectivity index (χ3v) is 3.26. The molecule has 70 valence electrons. The topological polar surface area (TPSA) is 15.3 Å². The van der Waals surface area contributed by atoms with Crippen LogP contribution in [0.2, 0.25) is 0 Å². The Bertz CT molecular complexity index is 325. The van der Waals surface area contributed by atoms with Crippen LogP contribution in [0.4, 0.5) is 11.4 Å². The highest BCUT2D eigenvalue weighted by molar-refractivity contribution is 14.1. The van der Waals surface area contributed by atoms with Crippen molar-refractivity contribution in [1.82, 2.24) is 0 Å². The highest BCUT2D eigenvalue weighted by Gasteiger charge is 2.18. The average Bonchev–Trinajstić information content (AvgIpc) is 2.12. The first-order chi connectivity index (χ1) is 6.18. The Kier molecular flexibility index (Phi) is 2.36. The normalized spacial score (nSPS) is 20.8. The predicted octanol–water partition coefficient (Wildman–Crippen LogP) is 2.54. The zero-order chi connectivity index (χ0) is 9.42. The number of nitrogens with zero attached hydrogens (tertiary/aromatic N) is 1. The Labute approximate surface area is 92.5 Å². The molecule has 1 N–H and O–H groups in total. The van der Waals surface area contributed by atoms with E-state index >= 15 is 0 Å². The van der Waals surface area contributed by atoms with E-state index in [2.05, 4.69) is 65.0 Å². The standard InChI is InChI=1S/C10H13IN2/c1-7-6-12-9-5-8(11)3-4-10(9)13(7)2/h3-5,7,12H,6H2,1-2H3. The van der Waals surface area contributed by atoms with Crippen molar-refractivity contribution in [2.24, 2.45) is 0 Å². The number of halogens is 1. The lowest BCUT2D eigenvalue weighted by atomic mass is 10.1. The summed E-state index contributed by atoms with van der Waals surface area (Å²) >= 11 is 2.34. The van der Waals surface area contributed by atoms with Crippen LogP contribution in [0, 0.1) is 3.57 Å². The van der Waals surface area contributed by atoms with E-state index < -0.39 is 0 Å². The van der Waals surface area contributed by atoms with Crippen LogP contribution in [0.3, 0.4) is 0 Å². The van der Waals surface area contributed by atoms with Crippen LogP contribution in [0.25, 0.3) is 0 Å². The molecule has 3 heteroatoms. The van der Waals surface area contributed by atoms with Gasteiger partial charge in [0.1, 0.15) is 0 Å². The van der Waals surface area contributed by atoms with Crippen molar-refractivity contribution in [2.45, 2.75) is 13.0 Å². The first kappa shape index (κ1) is 9.12. The van der Waals surface area contributed by atoms with Gasteiger partial charge in [0.2, 0.25) is 0 Å². The zero-order valence-corrected chi connectivity index (χ0v) is 10.00. The molecule has 1 aromatic carbocycles. The van der Waals surface area contributed by atoms with Crippen LogP contribution < -0.4 is 10.2 Å². The van der Waals surface area contributed by atoms with Gasteiger partial charge in [-0.3, -0.25) is 0 Å². The molecule has 1 aliphatic rings. The number of likely N-dealkylation sites (N-methyl/N-ethyl adjacent to an activating group) is 1. The van der Waals surface area contributed by atoms with Crippen LogP contribution in [-0.4, -0.2) is 19.6 Å². The molecule has 0 spiro atoms. The maximum absolute atomic E-state index is 3.44. The minimum Gasteiger partial charge on any atom is -0.381 e. The second-order valence-corrected chi connectivity index (χ2v) is 4.75. The molecule has 0 radical (unpaired) electrons. The molecule has 0 saturated carbocycles. The summed E-state index contributed by atoms with van der Waals surface area (Å²) in [6.45, 7) is 3.26. The third-order valence-electron chi connectivity index (χ3n) is 2.59. The van der Waals surface area contributed by atoms with Gasteiger partial charge in [-0.1, -0.05) is 0 Å². The van der Waals surface area contributed by atoms with E-state index in [0.29, 0.717) is 6.04 Å². The van der Waals surface area contributed by atoms with Gasteiger partial charge in [0.05, 0.1) is 11.4 Å². The largest absolute Gasteiger partial charge is 0.381 e. The van der Waals surface area contributed by atoms with Crippen molar-refractivity contribution >= 4 is 34.0 Å². The summed E-state index contributed by atoms with van der Waals surface area (Å²) in [5.41, 5.74) is 2.56. The molecule has 0 amide bonds. The summed E-state index contributed by atoms with van der Waals surface area (Å²) in [6, 6.07) is 7.10. The Morgan fingerprint density at radius 1 is 1.54 bits per heavy atom. The number of nitrogens with one attached hydrogen (secondary N) is 1. The maximum Gasteiger partial charge on any atom is 0.0603 e. The van der Waals surface area contributed by atoms with Gasteiger partial charge in [0.25, 0.3) is 0 Å². The van der Waals surface area contributed by atoms with Gasteiger partial charge in [-0.15, -0.1) is 0 Å². The van der Waals surface area contributed by atoms with E-state index in [-0.39, 0.29) is 0 Å². The molecular formula is C10H13IN2. The maximum atomic E-state index is 3.44. The molecule has 1 atom stereocenters. The van der Waals surface area contributed by atoms with E-state index in [1.165, 1.54) is 14.9 Å². The van der Waals surface area contributed by atoms with Gasteiger partial charge >= 0.3 is 0 Å². The zero-order valence-electron chi connectivity index (χ0n) is 7.84. The monoisotopic (exact) mass is 288 g/mol. The average molecular weight is 288 g/mol. The number of hydrogen-bond donors (Lipinski definition) is 1. The van der Waals surface area contributed by atoms with Crippen molar-refractivity contribution < 1.29 is 0 Å². The lowest BCUT2D eigenvalue weighted by Crippen LogP contribution is -2.39. The van der Waals surface area contributed by atoms with E-state index in [1.54, 1.807) is 0 Å². The Hall–Kier alpha value is -0.450. The molecule has 2 nitrogen and oxygen atoms in total. The fourth-order valence-corrected chi connectivity index (χ4v) is 2.08. The van der Waals surface area contributed by atoms with Crippen LogP contribution in [0.15, 0.2) is 18.2 Å². The fraction of sp³-hybridized carbons (Fsp3) is 0.400. The van der Waals surface area contributed by atoms with E-state index in [9.17, 15) is 0 Å². The molecule has 1 heterocycles. The van der Waals surface area contributed by atoms with Gasteiger partial charge in [-0.05, 0) is 47.7 Å². The quantitative estimate of drug-likeness (QED) is 0.738. The van der Waals surface area contributed by atoms with Crippen molar-refractivity contribution in [1.29, 1.82) is 0 Å². The SMILES string of the molecule is CC1CNc2cc(I)ccc2N1C. The minimum atomic E-state index is 0.576. The summed E-state index contributed by atoms with van der Waals surface area (Å²) in [7, 11) is 2.15. The molecule has 0 fully saturated rings. The molecule has 0 bridgehead atoms. The smallest absolute Gasteiger partial charge is 0.0603 e. The van der Waals surface area contributed by atoms with Crippen molar-refractivity contribution in [3.63, 3.8) is 0 Å². The summed E-state index contributed by atoms with van der Waals surface area (Å²) < 4.78 is 1.28. The number of benzene rings is 1. The lowest BCUT2D eigenvalue weighted by molar-refractivity contribution is 0.699. The van der Waals surface area contributed by atoms with E-state index in [4.69, 9.17) is 0 Å².